The lowest BCUT2D eigenvalue weighted by Crippen LogP contribution is -2.75. The van der Waals surface area contributed by atoms with Crippen LogP contribution >= 0.6 is 0 Å². The average Bonchev–Trinajstić information content (AvgIpc) is 2.92. The van der Waals surface area contributed by atoms with Gasteiger partial charge in [-0.15, -0.1) is 0 Å². The second-order valence-corrected chi connectivity index (χ2v) is 17.4. The molecular weight excluding hydrogens is 1170 g/mol. The van der Waals surface area contributed by atoms with E-state index in [4.69, 9.17) is 10.3 Å². The number of carbonyl (C=O) groups is 1. The third-order valence-electron chi connectivity index (χ3n) is 11.8. The summed E-state index contributed by atoms with van der Waals surface area (Å²) in [4.78, 5) is 19.1. The van der Waals surface area contributed by atoms with Gasteiger partial charge < -0.3 is 4.74 Å². The molecule has 0 aliphatic heterocycles. The lowest BCUT2D eigenvalue weighted by molar-refractivity contribution is -0.683. The zero-order valence-electron chi connectivity index (χ0n) is 39.8. The topological polar surface area (TPSA) is 91.8 Å². The number of carbonyl (C=O) groups excluding carboxylic acids is 1. The number of alkyl halides is 24. The number of ether oxygens (including phenoxy) is 1. The van der Waals surface area contributed by atoms with Crippen molar-refractivity contribution in [3.63, 3.8) is 0 Å². The van der Waals surface area contributed by atoms with Gasteiger partial charge in [0.15, 0.2) is 6.20 Å². The number of rotatable bonds is 10. The van der Waals surface area contributed by atoms with E-state index in [2.05, 4.69) is 15.0 Å². The minimum Gasteiger partial charge on any atom is -0.434 e. The Kier molecular flexibility index (Phi) is 17.2. The van der Waals surface area contributed by atoms with Gasteiger partial charge >= 0.3 is 49.4 Å². The molecule has 1 heterocycles. The molecule has 0 unspecified atom stereocenters. The number of hydrogen-bond donors (Lipinski definition) is 0. The zero-order valence-corrected chi connectivity index (χ0v) is 39.8. The summed E-state index contributed by atoms with van der Waals surface area (Å²) in [5.41, 5.74) is -20.6. The van der Waals surface area contributed by atoms with Gasteiger partial charge in [-0.1, -0.05) is 96.1 Å². The van der Waals surface area contributed by atoms with Crippen LogP contribution in [0.3, 0.4) is 0 Å². The number of benzene rings is 6. The Morgan fingerprint density at radius 3 is 1.10 bits per heavy atom. The molecule has 0 fully saturated rings. The lowest BCUT2D eigenvalue weighted by atomic mass is 9.12. The summed E-state index contributed by atoms with van der Waals surface area (Å²) in [5.74, 6) is 0.819. The molecule has 0 N–H and O–H groups in total. The first-order chi connectivity index (χ1) is 37.5. The molecule has 32 heteroatoms. The van der Waals surface area contributed by atoms with Gasteiger partial charge in [-0.2, -0.15) is 132 Å². The molecule has 0 amide bonds. The second-order valence-electron chi connectivity index (χ2n) is 17.4. The molecule has 0 aliphatic rings. The van der Waals surface area contributed by atoms with Crippen LogP contribution in [0, 0.1) is 0 Å². The molecule has 0 radical (unpaired) electrons. The van der Waals surface area contributed by atoms with Crippen molar-refractivity contribution in [2.45, 2.75) is 56.0 Å². The minimum absolute atomic E-state index is 0.00638. The number of ketones is 1. The highest BCUT2D eigenvalue weighted by molar-refractivity contribution is 7.20. The Hall–Kier alpha value is -8.44. The molecule has 6 aromatic carbocycles. The number of azide groups is 1. The van der Waals surface area contributed by atoms with Gasteiger partial charge in [-0.25, -0.2) is 4.98 Å². The van der Waals surface area contributed by atoms with Crippen LogP contribution < -0.4 is 31.2 Å². The Morgan fingerprint density at radius 1 is 0.463 bits per heavy atom. The molecule has 7 nitrogen and oxygen atoms in total. The number of Topliss-reactive ketones (excluding diaryl/α,β-unsaturated/α-hetero) is 1. The highest BCUT2D eigenvalue weighted by Crippen LogP contribution is 2.41. The van der Waals surface area contributed by atoms with Crippen molar-refractivity contribution in [3.8, 4) is 11.6 Å². The molecule has 7 aromatic rings. The number of aromatic nitrogens is 2. The molecule has 82 heavy (non-hydrogen) atoms. The summed E-state index contributed by atoms with van der Waals surface area (Å²) in [5, 5.41) is 3.53. The van der Waals surface area contributed by atoms with Crippen molar-refractivity contribution in [1.82, 2.24) is 4.98 Å². The van der Waals surface area contributed by atoms with Crippen LogP contribution in [0.1, 0.15) is 54.9 Å². The molecule has 0 aliphatic carbocycles. The summed E-state index contributed by atoms with van der Waals surface area (Å²) < 4.78 is 348. The maximum Gasteiger partial charge on any atom is 0.416 e. The summed E-state index contributed by atoms with van der Waals surface area (Å²) in [7, 11) is 0. The van der Waals surface area contributed by atoms with Crippen LogP contribution in [-0.2, 0) is 56.0 Å². The Labute approximate surface area is 442 Å². The van der Waals surface area contributed by atoms with E-state index in [1.165, 1.54) is 0 Å². The quantitative estimate of drug-likeness (QED) is 0.0260. The van der Waals surface area contributed by atoms with Crippen LogP contribution in [0.4, 0.5) is 111 Å². The second kappa shape index (κ2) is 22.5. The summed E-state index contributed by atoms with van der Waals surface area (Å²) >= 11 is 0. The molecule has 0 atom stereocenters. The van der Waals surface area contributed by atoms with E-state index in [0.717, 1.165) is 0 Å². The van der Waals surface area contributed by atoms with Crippen LogP contribution in [-0.4, -0.2) is 16.9 Å². The first kappa shape index (κ1) is 62.8. The van der Waals surface area contributed by atoms with Crippen molar-refractivity contribution < 1.29 is 119 Å². The predicted octanol–water partition coefficient (Wildman–Crippen LogP) is 15.2. The number of nitrogens with zero attached hydrogens (tertiary/aromatic N) is 5. The monoisotopic (exact) mass is 1200 g/mol. The molecule has 434 valence electrons. The molecular formula is C50H26BF24N5O2. The highest BCUT2D eigenvalue weighted by atomic mass is 19.4. The van der Waals surface area contributed by atoms with Gasteiger partial charge in [0.25, 0.3) is 5.88 Å². The van der Waals surface area contributed by atoms with Gasteiger partial charge in [0.05, 0.1) is 50.7 Å². The van der Waals surface area contributed by atoms with E-state index in [1.54, 1.807) is 59.6 Å². The number of hydrogen-bond acceptors (Lipinski definition) is 4. The van der Waals surface area contributed by atoms with Gasteiger partial charge in [0.1, 0.15) is 11.9 Å². The molecule has 1 aromatic heterocycles. The van der Waals surface area contributed by atoms with Crippen molar-refractivity contribution in [1.29, 1.82) is 0 Å². The maximum absolute atomic E-state index is 14.2. The fourth-order valence-electron chi connectivity index (χ4n) is 8.30. The fraction of sp³-hybridized carbons (Fsp3) is 0.180. The Morgan fingerprint density at radius 2 is 0.793 bits per heavy atom. The highest BCUT2D eigenvalue weighted by Gasteiger charge is 2.47. The van der Waals surface area contributed by atoms with Crippen LogP contribution in [0.25, 0.3) is 10.4 Å². The van der Waals surface area contributed by atoms with E-state index in [0.29, 0.717) is 22.9 Å². The largest absolute Gasteiger partial charge is 0.434 e. The molecule has 0 saturated carbocycles. The average molecular weight is 1200 g/mol. The molecule has 0 spiro atoms. The molecule has 0 bridgehead atoms. The zero-order chi connectivity index (χ0) is 61.4. The smallest absolute Gasteiger partial charge is 0.416 e. The van der Waals surface area contributed by atoms with Gasteiger partial charge in [-0.05, 0) is 41.9 Å². The van der Waals surface area contributed by atoms with Crippen molar-refractivity contribution >= 4 is 39.5 Å². The van der Waals surface area contributed by atoms with E-state index < -0.39 is 195 Å². The third-order valence-corrected chi connectivity index (χ3v) is 11.8. The fourth-order valence-corrected chi connectivity index (χ4v) is 8.30. The van der Waals surface area contributed by atoms with Crippen LogP contribution in [0.5, 0.6) is 11.6 Å². The lowest BCUT2D eigenvalue weighted by Gasteiger charge is -2.46. The van der Waals surface area contributed by atoms with Crippen molar-refractivity contribution in [2.24, 2.45) is 5.11 Å². The van der Waals surface area contributed by atoms with Gasteiger partial charge in [-0.3, -0.25) is 4.79 Å². The van der Waals surface area contributed by atoms with Crippen LogP contribution in [0.2, 0.25) is 0 Å². The van der Waals surface area contributed by atoms with Crippen LogP contribution in [0.15, 0.2) is 151 Å². The van der Waals surface area contributed by atoms with Gasteiger partial charge in [0, 0.05) is 16.2 Å². The Balaban J connectivity index is 0.000000357. The predicted molar refractivity (Wildman–Crippen MR) is 241 cm³/mol. The first-order valence-corrected chi connectivity index (χ1v) is 22.1. The summed E-state index contributed by atoms with van der Waals surface area (Å²) in [6.07, 6.45) is -49.9. The normalized spacial score (nSPS) is 13.0. The standard InChI is InChI=1S/C32H12BF24.C18H14N5O2/c34-25(35,36)13-1-14(26(37,38)39)6-21(5-13)33(22-7-15(27(40,41)42)2-16(8-22)28(43,44)45,23-9-17(29(46,47)48)3-18(10-23)30(49,50)51)24-11-19(31(52,53)54)4-20(12-24)32(55,56)57;19-22-21-15-7-4-8-16(11-15)25-18-13-23(10-9-20-18)12-17(24)14-5-2-1-3-6-14/h1-12H;1-11,13H,12H2/q-1;+1. The maximum atomic E-state index is 14.2. The van der Waals surface area contributed by atoms with Crippen molar-refractivity contribution in [3.05, 3.63) is 206 Å². The van der Waals surface area contributed by atoms with E-state index in [1.807, 2.05) is 18.2 Å². The van der Waals surface area contributed by atoms with E-state index in [9.17, 15) is 110 Å². The summed E-state index contributed by atoms with van der Waals surface area (Å²) in [6, 6.07) is 7.00. The van der Waals surface area contributed by atoms with Gasteiger partial charge in [0.2, 0.25) is 18.5 Å². The SMILES string of the molecule is FC(F)(F)c1cc([B-](c2cc(C(F)(F)F)cc(C(F)(F)F)c2)(c2cc(C(F)(F)F)cc(C(F)(F)F)c2)c2cc(C(F)(F)F)cc(C(F)(F)F)c2)cc(C(F)(F)F)c1.[N-]=[N+]=Nc1cccc(Oc2c[n+](CC(=O)c3ccccc3)ccn2)c1. The third kappa shape index (κ3) is 14.9. The molecule has 0 saturated heterocycles. The molecule has 7 rings (SSSR count). The number of halogens is 24. The van der Waals surface area contributed by atoms with Crippen molar-refractivity contribution in [2.75, 3.05) is 0 Å². The minimum atomic E-state index is -6.13. The first-order valence-electron chi connectivity index (χ1n) is 22.1. The van der Waals surface area contributed by atoms with E-state index in [-0.39, 0.29) is 12.3 Å². The van der Waals surface area contributed by atoms with E-state index >= 15 is 0 Å². The summed E-state index contributed by atoms with van der Waals surface area (Å²) in [6.45, 7) is 0.182. The Bertz CT molecular complexity index is 3090.